The van der Waals surface area contributed by atoms with E-state index in [1.807, 2.05) is 12.1 Å². The number of hydrogen-bond acceptors (Lipinski definition) is 3. The summed E-state index contributed by atoms with van der Waals surface area (Å²) in [4.78, 5) is 26.6. The fourth-order valence-corrected chi connectivity index (χ4v) is 4.61. The molecule has 25 heavy (non-hydrogen) atoms. The molecule has 2 aliphatic heterocycles. The van der Waals surface area contributed by atoms with Gasteiger partial charge in [-0.2, -0.15) is 0 Å². The van der Waals surface area contributed by atoms with Crippen LogP contribution in [0.4, 0.5) is 5.69 Å². The Balaban J connectivity index is 1.46. The molecule has 2 atom stereocenters. The lowest BCUT2D eigenvalue weighted by atomic mass is 10.00. The summed E-state index contributed by atoms with van der Waals surface area (Å²) in [5.41, 5.74) is 1.36. The van der Waals surface area contributed by atoms with E-state index in [1.54, 1.807) is 11.0 Å². The quantitative estimate of drug-likeness (QED) is 0.675. The van der Waals surface area contributed by atoms with Gasteiger partial charge in [0, 0.05) is 23.4 Å². The van der Waals surface area contributed by atoms with Gasteiger partial charge in [0.15, 0.2) is 0 Å². The smallest absolute Gasteiger partial charge is 0.251 e. The Labute approximate surface area is 153 Å². The topological polar surface area (TPSA) is 62.6 Å². The van der Waals surface area contributed by atoms with Gasteiger partial charge in [-0.3, -0.25) is 9.59 Å². The summed E-state index contributed by atoms with van der Waals surface area (Å²) in [6.07, 6.45) is 6.30. The average Bonchev–Trinajstić information content (AvgIpc) is 2.64. The van der Waals surface area contributed by atoms with E-state index in [0.29, 0.717) is 17.9 Å². The molecule has 3 N–H and O–H groups in total. The highest BCUT2D eigenvalue weighted by atomic mass is 32.2. The third-order valence-electron chi connectivity index (χ3n) is 5.21. The van der Waals surface area contributed by atoms with E-state index in [1.165, 1.54) is 44.0 Å². The molecule has 0 radical (unpaired) electrons. The van der Waals surface area contributed by atoms with Crippen molar-refractivity contribution in [3.05, 3.63) is 23.8 Å². The molecule has 1 saturated heterocycles. The van der Waals surface area contributed by atoms with Crippen LogP contribution in [0.15, 0.2) is 23.1 Å². The zero-order chi connectivity index (χ0) is 17.6. The van der Waals surface area contributed by atoms with Crippen molar-refractivity contribution < 1.29 is 14.5 Å². The molecular formula is C19H28N3O2S+. The SMILES string of the molecule is CCC1CCCC[NH+]1CCCNC(=O)c1ccc2c(c1)NC(=O)CS2. The number of rotatable bonds is 6. The number of piperidine rings is 1. The van der Waals surface area contributed by atoms with Gasteiger partial charge in [0.25, 0.3) is 5.91 Å². The first-order valence-electron chi connectivity index (χ1n) is 9.37. The molecule has 136 valence electrons. The molecule has 6 heteroatoms. The molecule has 1 fully saturated rings. The number of quaternary nitrogens is 1. The van der Waals surface area contributed by atoms with Crippen LogP contribution in [0.3, 0.4) is 0 Å². The zero-order valence-electron chi connectivity index (χ0n) is 14.9. The fraction of sp³-hybridized carbons (Fsp3) is 0.579. The Hall–Kier alpha value is -1.53. The Bertz CT molecular complexity index is 635. The summed E-state index contributed by atoms with van der Waals surface area (Å²) < 4.78 is 0. The van der Waals surface area contributed by atoms with Gasteiger partial charge in [-0.25, -0.2) is 0 Å². The van der Waals surface area contributed by atoms with Gasteiger partial charge >= 0.3 is 0 Å². The Morgan fingerprint density at radius 3 is 3.12 bits per heavy atom. The lowest BCUT2D eigenvalue weighted by molar-refractivity contribution is -0.930. The molecule has 1 aromatic rings. The van der Waals surface area contributed by atoms with E-state index in [9.17, 15) is 9.59 Å². The van der Waals surface area contributed by atoms with Crippen LogP contribution in [-0.2, 0) is 4.79 Å². The average molecular weight is 363 g/mol. The first-order chi connectivity index (χ1) is 12.2. The molecular weight excluding hydrogens is 334 g/mol. The molecule has 5 nitrogen and oxygen atoms in total. The highest BCUT2D eigenvalue weighted by Gasteiger charge is 2.23. The minimum atomic E-state index is -0.0618. The highest BCUT2D eigenvalue weighted by molar-refractivity contribution is 8.00. The first kappa shape index (κ1) is 18.3. The number of likely N-dealkylation sites (tertiary alicyclic amines) is 1. The highest BCUT2D eigenvalue weighted by Crippen LogP contribution is 2.31. The summed E-state index contributed by atoms with van der Waals surface area (Å²) in [5, 5.41) is 5.85. The van der Waals surface area contributed by atoms with E-state index in [-0.39, 0.29) is 11.8 Å². The molecule has 0 aliphatic carbocycles. The van der Waals surface area contributed by atoms with Crippen molar-refractivity contribution >= 4 is 29.3 Å². The van der Waals surface area contributed by atoms with Crippen LogP contribution in [-0.4, -0.2) is 43.2 Å². The summed E-state index contributed by atoms with van der Waals surface area (Å²) in [6.45, 7) is 5.40. The second-order valence-electron chi connectivity index (χ2n) is 6.92. The third kappa shape index (κ3) is 4.76. The minimum Gasteiger partial charge on any atom is -0.352 e. The Morgan fingerprint density at radius 2 is 2.28 bits per heavy atom. The predicted molar refractivity (Wildman–Crippen MR) is 101 cm³/mol. The number of anilines is 1. The molecule has 3 rings (SSSR count). The summed E-state index contributed by atoms with van der Waals surface area (Å²) in [5.74, 6) is 0.370. The molecule has 2 heterocycles. The molecule has 2 amide bonds. The molecule has 0 spiro atoms. The minimum absolute atomic E-state index is 0.00922. The third-order valence-corrected chi connectivity index (χ3v) is 6.28. The zero-order valence-corrected chi connectivity index (χ0v) is 15.7. The summed E-state index contributed by atoms with van der Waals surface area (Å²) >= 11 is 1.51. The number of fused-ring (bicyclic) bond motifs is 1. The van der Waals surface area contributed by atoms with E-state index in [2.05, 4.69) is 17.6 Å². The number of hydrogen-bond donors (Lipinski definition) is 3. The largest absolute Gasteiger partial charge is 0.352 e. The lowest BCUT2D eigenvalue weighted by Gasteiger charge is -2.32. The van der Waals surface area contributed by atoms with Gasteiger partial charge < -0.3 is 15.5 Å². The van der Waals surface area contributed by atoms with Crippen molar-refractivity contribution in [1.29, 1.82) is 0 Å². The second-order valence-corrected chi connectivity index (χ2v) is 7.93. The van der Waals surface area contributed by atoms with E-state index < -0.39 is 0 Å². The van der Waals surface area contributed by atoms with Crippen LogP contribution < -0.4 is 15.5 Å². The van der Waals surface area contributed by atoms with Crippen LogP contribution in [0.2, 0.25) is 0 Å². The van der Waals surface area contributed by atoms with Crippen LogP contribution in [0.25, 0.3) is 0 Å². The Morgan fingerprint density at radius 1 is 1.40 bits per heavy atom. The van der Waals surface area contributed by atoms with Crippen LogP contribution in [0, 0.1) is 0 Å². The maximum atomic E-state index is 12.3. The van der Waals surface area contributed by atoms with Gasteiger partial charge in [-0.1, -0.05) is 6.92 Å². The van der Waals surface area contributed by atoms with E-state index in [4.69, 9.17) is 0 Å². The number of carbonyl (C=O) groups excluding carboxylic acids is 2. The van der Waals surface area contributed by atoms with Crippen molar-refractivity contribution in [1.82, 2.24) is 5.32 Å². The molecule has 0 saturated carbocycles. The predicted octanol–water partition coefficient (Wildman–Crippen LogP) is 1.70. The van der Waals surface area contributed by atoms with Gasteiger partial charge in [-0.05, 0) is 43.9 Å². The number of thioether (sulfide) groups is 1. The summed E-state index contributed by atoms with van der Waals surface area (Å²) in [6, 6.07) is 6.32. The molecule has 0 bridgehead atoms. The number of benzene rings is 1. The van der Waals surface area contributed by atoms with Crippen molar-refractivity contribution in [2.24, 2.45) is 0 Å². The van der Waals surface area contributed by atoms with Crippen molar-refractivity contribution in [3.8, 4) is 0 Å². The van der Waals surface area contributed by atoms with Gasteiger partial charge in [0.1, 0.15) is 0 Å². The standard InChI is InChI=1S/C19H27N3O2S/c1-2-15-6-3-4-10-22(15)11-5-9-20-19(24)14-7-8-17-16(12-14)21-18(23)13-25-17/h7-8,12,15H,2-6,9-11,13H2,1H3,(H,20,24)(H,21,23)/p+1. The van der Waals surface area contributed by atoms with Crippen LogP contribution >= 0.6 is 11.8 Å². The van der Waals surface area contributed by atoms with Gasteiger partial charge in [0.05, 0.1) is 30.6 Å². The van der Waals surface area contributed by atoms with Crippen molar-refractivity contribution in [3.63, 3.8) is 0 Å². The first-order valence-corrected chi connectivity index (χ1v) is 10.4. The van der Waals surface area contributed by atoms with Crippen molar-refractivity contribution in [2.75, 3.05) is 30.7 Å². The normalized spacial score (nSPS) is 22.8. The fourth-order valence-electron chi connectivity index (χ4n) is 3.82. The second kappa shape index (κ2) is 8.72. The van der Waals surface area contributed by atoms with E-state index in [0.717, 1.165) is 29.6 Å². The number of nitrogens with one attached hydrogen (secondary N) is 3. The monoisotopic (exact) mass is 362 g/mol. The summed E-state index contributed by atoms with van der Waals surface area (Å²) in [7, 11) is 0. The number of amides is 2. The van der Waals surface area contributed by atoms with Crippen LogP contribution in [0.1, 0.15) is 49.4 Å². The molecule has 2 unspecified atom stereocenters. The molecule has 1 aromatic carbocycles. The van der Waals surface area contributed by atoms with Gasteiger partial charge in [0.2, 0.25) is 5.91 Å². The van der Waals surface area contributed by atoms with Crippen LogP contribution in [0.5, 0.6) is 0 Å². The van der Waals surface area contributed by atoms with Gasteiger partial charge in [-0.15, -0.1) is 11.8 Å². The number of carbonyl (C=O) groups is 2. The van der Waals surface area contributed by atoms with Crippen molar-refractivity contribution in [2.45, 2.75) is 50.0 Å². The maximum Gasteiger partial charge on any atom is 0.251 e. The lowest BCUT2D eigenvalue weighted by Crippen LogP contribution is -3.16. The maximum absolute atomic E-state index is 12.3. The molecule has 0 aromatic heterocycles. The van der Waals surface area contributed by atoms with E-state index >= 15 is 0 Å². The molecule has 2 aliphatic rings. The Kier molecular flexibility index (Phi) is 6.37.